The van der Waals surface area contributed by atoms with E-state index in [2.05, 4.69) is 0 Å². The third kappa shape index (κ3) is 3.66. The Bertz CT molecular complexity index is 440. The second kappa shape index (κ2) is 6.35. The fourth-order valence-corrected chi connectivity index (χ4v) is 1.15. The van der Waals surface area contributed by atoms with E-state index in [9.17, 15) is 4.79 Å². The summed E-state index contributed by atoms with van der Waals surface area (Å²) in [6.07, 6.45) is 0. The molecule has 0 spiro atoms. The second-order valence-corrected chi connectivity index (χ2v) is 3.06. The van der Waals surface area contributed by atoms with Gasteiger partial charge in [0.15, 0.2) is 18.1 Å². The Morgan fingerprint density at radius 2 is 2.24 bits per heavy atom. The van der Waals surface area contributed by atoms with Gasteiger partial charge in [-0.2, -0.15) is 5.26 Å². The van der Waals surface area contributed by atoms with Gasteiger partial charge in [-0.1, -0.05) is 0 Å². The van der Waals surface area contributed by atoms with Gasteiger partial charge >= 0.3 is 0 Å². The van der Waals surface area contributed by atoms with E-state index < -0.39 is 5.91 Å². The number of hydrogen-bond acceptors (Lipinski definition) is 5. The van der Waals surface area contributed by atoms with E-state index in [4.69, 9.17) is 20.6 Å². The van der Waals surface area contributed by atoms with Gasteiger partial charge in [-0.3, -0.25) is 10.2 Å². The summed E-state index contributed by atoms with van der Waals surface area (Å²) < 4.78 is 10.5. The van der Waals surface area contributed by atoms with E-state index >= 15 is 0 Å². The number of ether oxygens (including phenoxy) is 2. The molecule has 0 bridgehead atoms. The van der Waals surface area contributed by atoms with Crippen molar-refractivity contribution in [3.63, 3.8) is 0 Å². The molecule has 0 saturated carbocycles. The van der Waals surface area contributed by atoms with Gasteiger partial charge in [-0.05, 0) is 19.1 Å². The molecule has 3 N–H and O–H groups in total. The SMILES string of the molecule is CCOc1cc(C#N)ccc1OCC(=O)NN. The van der Waals surface area contributed by atoms with Gasteiger partial charge in [0.05, 0.1) is 18.2 Å². The highest BCUT2D eigenvalue weighted by molar-refractivity contribution is 5.76. The first kappa shape index (κ1) is 12.8. The summed E-state index contributed by atoms with van der Waals surface area (Å²) >= 11 is 0. The first-order valence-corrected chi connectivity index (χ1v) is 5.00. The van der Waals surface area contributed by atoms with Crippen LogP contribution >= 0.6 is 0 Å². The van der Waals surface area contributed by atoms with E-state index in [0.29, 0.717) is 23.7 Å². The van der Waals surface area contributed by atoms with Crippen molar-refractivity contribution in [2.75, 3.05) is 13.2 Å². The van der Waals surface area contributed by atoms with Gasteiger partial charge in [-0.15, -0.1) is 0 Å². The van der Waals surface area contributed by atoms with Gasteiger partial charge < -0.3 is 9.47 Å². The lowest BCUT2D eigenvalue weighted by Gasteiger charge is -2.11. The summed E-state index contributed by atoms with van der Waals surface area (Å²) in [5.41, 5.74) is 2.41. The van der Waals surface area contributed by atoms with Gasteiger partial charge in [-0.25, -0.2) is 5.84 Å². The predicted octanol–water partition coefficient (Wildman–Crippen LogP) is 0.326. The molecule has 0 unspecified atom stereocenters. The van der Waals surface area contributed by atoms with Crippen LogP contribution in [0.1, 0.15) is 12.5 Å². The quantitative estimate of drug-likeness (QED) is 0.435. The monoisotopic (exact) mass is 235 g/mol. The number of nitriles is 1. The molecule has 0 radical (unpaired) electrons. The lowest BCUT2D eigenvalue weighted by molar-refractivity contribution is -0.123. The number of carbonyl (C=O) groups excluding carboxylic acids is 1. The van der Waals surface area contributed by atoms with E-state index in [-0.39, 0.29) is 6.61 Å². The molecule has 0 aromatic heterocycles. The Hall–Kier alpha value is -2.26. The van der Waals surface area contributed by atoms with Gasteiger partial charge in [0, 0.05) is 6.07 Å². The third-order valence-electron chi connectivity index (χ3n) is 1.89. The molecule has 0 aliphatic carbocycles. The molecule has 90 valence electrons. The van der Waals surface area contributed by atoms with E-state index in [1.165, 1.54) is 0 Å². The van der Waals surface area contributed by atoms with E-state index in [1.54, 1.807) is 18.2 Å². The van der Waals surface area contributed by atoms with Crippen molar-refractivity contribution in [2.24, 2.45) is 5.84 Å². The van der Waals surface area contributed by atoms with Gasteiger partial charge in [0.2, 0.25) is 0 Å². The highest BCUT2D eigenvalue weighted by Gasteiger charge is 2.08. The smallest absolute Gasteiger partial charge is 0.271 e. The summed E-state index contributed by atoms with van der Waals surface area (Å²) in [6.45, 7) is 2.05. The molecular weight excluding hydrogens is 222 g/mol. The molecule has 0 aliphatic rings. The Labute approximate surface area is 98.9 Å². The summed E-state index contributed by atoms with van der Waals surface area (Å²) in [6, 6.07) is 6.71. The Balaban J connectivity index is 2.83. The second-order valence-electron chi connectivity index (χ2n) is 3.06. The zero-order chi connectivity index (χ0) is 12.7. The Morgan fingerprint density at radius 3 is 2.82 bits per heavy atom. The molecule has 17 heavy (non-hydrogen) atoms. The van der Waals surface area contributed by atoms with Crippen LogP contribution in [0.3, 0.4) is 0 Å². The molecule has 1 aromatic rings. The molecule has 0 fully saturated rings. The molecule has 0 atom stereocenters. The van der Waals surface area contributed by atoms with Crippen molar-refractivity contribution >= 4 is 5.91 Å². The first-order chi connectivity index (χ1) is 8.21. The summed E-state index contributed by atoms with van der Waals surface area (Å²) in [5.74, 6) is 5.30. The Kier molecular flexibility index (Phi) is 4.78. The molecule has 0 aliphatic heterocycles. The number of hydrogen-bond donors (Lipinski definition) is 2. The minimum atomic E-state index is -0.447. The summed E-state index contributed by atoms with van der Waals surface area (Å²) in [5, 5.41) is 8.75. The van der Waals surface area contributed by atoms with Gasteiger partial charge in [0.25, 0.3) is 5.91 Å². The van der Waals surface area contributed by atoms with Crippen LogP contribution in [0.4, 0.5) is 0 Å². The number of hydrazine groups is 1. The van der Waals surface area contributed by atoms with Crippen LogP contribution in [0.15, 0.2) is 18.2 Å². The van der Waals surface area contributed by atoms with Crippen molar-refractivity contribution in [2.45, 2.75) is 6.92 Å². The van der Waals surface area contributed by atoms with Crippen LogP contribution in [0.2, 0.25) is 0 Å². The maximum Gasteiger partial charge on any atom is 0.271 e. The summed E-state index contributed by atoms with van der Waals surface area (Å²) in [7, 11) is 0. The van der Waals surface area contributed by atoms with Crippen molar-refractivity contribution in [1.29, 1.82) is 5.26 Å². The topological polar surface area (TPSA) is 97.4 Å². The first-order valence-electron chi connectivity index (χ1n) is 5.00. The molecule has 1 amide bonds. The minimum Gasteiger partial charge on any atom is -0.490 e. The van der Waals surface area contributed by atoms with Crippen LogP contribution < -0.4 is 20.7 Å². The number of carbonyl (C=O) groups is 1. The van der Waals surface area contributed by atoms with Crippen molar-refractivity contribution in [1.82, 2.24) is 5.43 Å². The van der Waals surface area contributed by atoms with Crippen LogP contribution in [0.25, 0.3) is 0 Å². The van der Waals surface area contributed by atoms with Gasteiger partial charge in [0.1, 0.15) is 0 Å². The lowest BCUT2D eigenvalue weighted by Crippen LogP contribution is -2.34. The highest BCUT2D eigenvalue weighted by Crippen LogP contribution is 2.28. The fourth-order valence-electron chi connectivity index (χ4n) is 1.15. The predicted molar refractivity (Wildman–Crippen MR) is 60.2 cm³/mol. The maximum absolute atomic E-state index is 10.9. The standard InChI is InChI=1S/C11H13N3O3/c1-2-16-10-5-8(6-12)3-4-9(10)17-7-11(15)14-13/h3-5H,2,7,13H2,1H3,(H,14,15). The average molecular weight is 235 g/mol. The molecule has 1 rings (SSSR count). The van der Waals surface area contributed by atoms with Crippen LogP contribution in [0.5, 0.6) is 11.5 Å². The van der Waals surface area contributed by atoms with Crippen molar-refractivity contribution in [3.05, 3.63) is 23.8 Å². The molecule has 0 heterocycles. The molecule has 6 heteroatoms. The van der Waals surface area contributed by atoms with Crippen LogP contribution in [-0.4, -0.2) is 19.1 Å². The number of nitrogens with zero attached hydrogens (tertiary/aromatic N) is 1. The van der Waals surface area contributed by atoms with Crippen LogP contribution in [-0.2, 0) is 4.79 Å². The largest absolute Gasteiger partial charge is 0.490 e. The zero-order valence-corrected chi connectivity index (χ0v) is 9.40. The van der Waals surface area contributed by atoms with Crippen molar-refractivity contribution < 1.29 is 14.3 Å². The number of amides is 1. The Morgan fingerprint density at radius 1 is 1.47 bits per heavy atom. The lowest BCUT2D eigenvalue weighted by atomic mass is 10.2. The number of benzene rings is 1. The summed E-state index contributed by atoms with van der Waals surface area (Å²) in [4.78, 5) is 10.9. The number of rotatable bonds is 5. The molecular formula is C11H13N3O3. The maximum atomic E-state index is 10.9. The van der Waals surface area contributed by atoms with Crippen molar-refractivity contribution in [3.8, 4) is 17.6 Å². The third-order valence-corrected chi connectivity index (χ3v) is 1.89. The minimum absolute atomic E-state index is 0.206. The molecule has 1 aromatic carbocycles. The van der Waals surface area contributed by atoms with E-state index in [0.717, 1.165) is 0 Å². The van der Waals surface area contributed by atoms with E-state index in [1.807, 2.05) is 18.4 Å². The van der Waals surface area contributed by atoms with Crippen LogP contribution in [0, 0.1) is 11.3 Å². The fraction of sp³-hybridized carbons (Fsp3) is 0.273. The number of nitrogens with one attached hydrogen (secondary N) is 1. The zero-order valence-electron chi connectivity index (χ0n) is 9.40. The molecule has 0 saturated heterocycles. The normalized spacial score (nSPS) is 9.24. The number of nitrogens with two attached hydrogens (primary N) is 1. The highest BCUT2D eigenvalue weighted by atomic mass is 16.5. The molecule has 6 nitrogen and oxygen atoms in total. The average Bonchev–Trinajstić information content (AvgIpc) is 2.37.